The zero-order valence-electron chi connectivity index (χ0n) is 12.5. The maximum Gasteiger partial charge on any atom is 0.469 e. The summed E-state index contributed by atoms with van der Waals surface area (Å²) in [5, 5.41) is 2.75. The number of nitrogens with zero attached hydrogens (tertiary/aromatic N) is 1. The van der Waals surface area contributed by atoms with Crippen molar-refractivity contribution in [2.75, 3.05) is 5.32 Å². The molecule has 0 aliphatic carbocycles. The van der Waals surface area contributed by atoms with E-state index in [0.717, 1.165) is 0 Å². The normalized spacial score (nSPS) is 11.4. The molecule has 1 heterocycles. The van der Waals surface area contributed by atoms with Gasteiger partial charge in [-0.05, 0) is 24.3 Å². The van der Waals surface area contributed by atoms with Crippen LogP contribution in [0.1, 0.15) is 16.2 Å². The summed E-state index contributed by atoms with van der Waals surface area (Å²) < 4.78 is 43.5. The van der Waals surface area contributed by atoms with Gasteiger partial charge in [-0.2, -0.15) is 13.2 Å². The molecule has 1 aromatic heterocycles. The quantitative estimate of drug-likeness (QED) is 0.687. The molecule has 0 unspecified atom stereocenters. The van der Waals surface area contributed by atoms with E-state index in [4.69, 9.17) is 16.0 Å². The molecular weight excluding hydrogens is 357 g/mol. The summed E-state index contributed by atoms with van der Waals surface area (Å²) in [4.78, 5) is 15.7. The zero-order valence-corrected chi connectivity index (χ0v) is 13.2. The highest BCUT2D eigenvalue weighted by molar-refractivity contribution is 6.30. The third-order valence-corrected chi connectivity index (χ3v) is 3.50. The van der Waals surface area contributed by atoms with E-state index in [1.54, 1.807) is 18.2 Å². The van der Waals surface area contributed by atoms with Crippen molar-refractivity contribution in [3.63, 3.8) is 0 Å². The topological polar surface area (TPSA) is 55.1 Å². The lowest BCUT2D eigenvalue weighted by Crippen LogP contribution is -2.11. The largest absolute Gasteiger partial charge is 0.469 e. The first-order valence-corrected chi connectivity index (χ1v) is 7.43. The summed E-state index contributed by atoms with van der Waals surface area (Å²) in [6, 6.07) is 14.0. The molecule has 128 valence electrons. The van der Waals surface area contributed by atoms with Crippen molar-refractivity contribution < 1.29 is 22.4 Å². The van der Waals surface area contributed by atoms with Gasteiger partial charge in [-0.25, -0.2) is 4.98 Å². The lowest BCUT2D eigenvalue weighted by molar-refractivity contribution is -0.156. The molecule has 25 heavy (non-hydrogen) atoms. The molecule has 0 saturated heterocycles. The molecule has 1 N–H and O–H groups in total. The fraction of sp³-hybridized carbons (Fsp3) is 0.0588. The van der Waals surface area contributed by atoms with Gasteiger partial charge in [0.15, 0.2) is 0 Å². The molecule has 0 atom stereocenters. The van der Waals surface area contributed by atoms with Gasteiger partial charge >= 0.3 is 12.1 Å². The summed E-state index contributed by atoms with van der Waals surface area (Å²) in [5.74, 6) is -2.44. The van der Waals surface area contributed by atoms with Gasteiger partial charge in [0.05, 0.1) is 0 Å². The second-order valence-electron chi connectivity index (χ2n) is 5.02. The second-order valence-corrected chi connectivity index (χ2v) is 5.46. The van der Waals surface area contributed by atoms with Gasteiger partial charge in [0, 0.05) is 16.1 Å². The van der Waals surface area contributed by atoms with E-state index in [-0.39, 0.29) is 17.1 Å². The Morgan fingerprint density at radius 3 is 2.28 bits per heavy atom. The first-order chi connectivity index (χ1) is 11.8. The number of aromatic nitrogens is 1. The van der Waals surface area contributed by atoms with Crippen molar-refractivity contribution in [2.24, 2.45) is 0 Å². The van der Waals surface area contributed by atoms with E-state index >= 15 is 0 Å². The summed E-state index contributed by atoms with van der Waals surface area (Å²) in [5.41, 5.74) is 0.467. The molecule has 0 aliphatic rings. The molecule has 3 aromatic rings. The molecule has 2 aromatic carbocycles. The Bertz CT molecular complexity index is 891. The Balaban J connectivity index is 2.00. The minimum absolute atomic E-state index is 0.131. The SMILES string of the molecule is O=C(Nc1oc(C(F)(F)F)nc1-c1ccc(Cl)cc1)c1ccccc1. The lowest BCUT2D eigenvalue weighted by atomic mass is 10.1. The van der Waals surface area contributed by atoms with Crippen LogP contribution in [-0.2, 0) is 6.18 Å². The number of halogens is 4. The smallest absolute Gasteiger partial charge is 0.416 e. The van der Waals surface area contributed by atoms with Crippen molar-refractivity contribution in [1.82, 2.24) is 4.98 Å². The van der Waals surface area contributed by atoms with Gasteiger partial charge in [0.25, 0.3) is 5.91 Å². The number of alkyl halides is 3. The number of anilines is 1. The van der Waals surface area contributed by atoms with E-state index < -0.39 is 18.0 Å². The van der Waals surface area contributed by atoms with Gasteiger partial charge in [-0.1, -0.05) is 41.9 Å². The van der Waals surface area contributed by atoms with E-state index in [0.29, 0.717) is 10.6 Å². The number of hydrogen-bond acceptors (Lipinski definition) is 3. The highest BCUT2D eigenvalue weighted by Crippen LogP contribution is 2.36. The van der Waals surface area contributed by atoms with Crippen LogP contribution in [0.2, 0.25) is 5.02 Å². The fourth-order valence-corrected chi connectivity index (χ4v) is 2.22. The second kappa shape index (κ2) is 6.60. The number of rotatable bonds is 3. The summed E-state index contributed by atoms with van der Waals surface area (Å²) in [6.07, 6.45) is -4.78. The number of nitrogens with one attached hydrogen (secondary N) is 1. The van der Waals surface area contributed by atoms with Crippen LogP contribution < -0.4 is 5.32 Å². The number of hydrogen-bond donors (Lipinski definition) is 1. The fourth-order valence-electron chi connectivity index (χ4n) is 2.09. The Hall–Kier alpha value is -2.80. The maximum atomic E-state index is 12.9. The summed E-state index contributed by atoms with van der Waals surface area (Å²) >= 11 is 5.79. The molecule has 0 bridgehead atoms. The predicted octanol–water partition coefficient (Wildman–Crippen LogP) is 5.27. The third-order valence-electron chi connectivity index (χ3n) is 3.25. The predicted molar refractivity (Wildman–Crippen MR) is 86.3 cm³/mol. The van der Waals surface area contributed by atoms with Gasteiger partial charge in [0.2, 0.25) is 5.88 Å². The van der Waals surface area contributed by atoms with Crippen molar-refractivity contribution in [3.8, 4) is 11.3 Å². The molecule has 1 amide bonds. The highest BCUT2D eigenvalue weighted by atomic mass is 35.5. The van der Waals surface area contributed by atoms with Crippen molar-refractivity contribution in [3.05, 3.63) is 71.1 Å². The van der Waals surface area contributed by atoms with Crippen LogP contribution in [0.15, 0.2) is 59.0 Å². The van der Waals surface area contributed by atoms with Crippen LogP contribution in [0.4, 0.5) is 19.1 Å². The average molecular weight is 367 g/mol. The summed E-state index contributed by atoms with van der Waals surface area (Å²) in [7, 11) is 0. The minimum Gasteiger partial charge on any atom is -0.416 e. The Morgan fingerprint density at radius 2 is 1.68 bits per heavy atom. The first kappa shape index (κ1) is 17.0. The van der Waals surface area contributed by atoms with Crippen LogP contribution >= 0.6 is 11.6 Å². The van der Waals surface area contributed by atoms with Crippen LogP contribution in [0, 0.1) is 0 Å². The van der Waals surface area contributed by atoms with Crippen LogP contribution in [-0.4, -0.2) is 10.9 Å². The number of carbonyl (C=O) groups is 1. The number of oxazole rings is 1. The van der Waals surface area contributed by atoms with E-state index in [1.807, 2.05) is 0 Å². The van der Waals surface area contributed by atoms with Gasteiger partial charge in [-0.3, -0.25) is 10.1 Å². The van der Waals surface area contributed by atoms with Crippen molar-refractivity contribution >= 4 is 23.4 Å². The standard InChI is InChI=1S/C17H10ClF3N2O2/c18-12-8-6-10(7-9-12)13-15(25-16(22-13)17(19,20)21)23-14(24)11-4-2-1-3-5-11/h1-9H,(H,23,24). The highest BCUT2D eigenvalue weighted by Gasteiger charge is 2.39. The molecular formula is C17H10ClF3N2O2. The minimum atomic E-state index is -4.78. The van der Waals surface area contributed by atoms with Crippen molar-refractivity contribution in [2.45, 2.75) is 6.18 Å². The van der Waals surface area contributed by atoms with Gasteiger partial charge in [-0.15, -0.1) is 0 Å². The van der Waals surface area contributed by atoms with E-state index in [2.05, 4.69) is 10.3 Å². The molecule has 3 rings (SSSR count). The molecule has 0 radical (unpaired) electrons. The molecule has 8 heteroatoms. The van der Waals surface area contributed by atoms with Crippen LogP contribution in [0.3, 0.4) is 0 Å². The van der Waals surface area contributed by atoms with Gasteiger partial charge in [0.1, 0.15) is 5.69 Å². The third kappa shape index (κ3) is 3.83. The molecule has 0 aliphatic heterocycles. The monoisotopic (exact) mass is 366 g/mol. The number of benzene rings is 2. The summed E-state index contributed by atoms with van der Waals surface area (Å²) in [6.45, 7) is 0. The molecule has 0 saturated carbocycles. The van der Waals surface area contributed by atoms with E-state index in [1.165, 1.54) is 36.4 Å². The Kier molecular flexibility index (Phi) is 4.50. The zero-order chi connectivity index (χ0) is 18.0. The van der Waals surface area contributed by atoms with Gasteiger partial charge < -0.3 is 4.42 Å². The molecule has 4 nitrogen and oxygen atoms in total. The number of carbonyl (C=O) groups excluding carboxylic acids is 1. The average Bonchev–Trinajstić information content (AvgIpc) is 3.00. The molecule has 0 fully saturated rings. The Morgan fingerprint density at radius 1 is 1.04 bits per heavy atom. The first-order valence-electron chi connectivity index (χ1n) is 7.05. The van der Waals surface area contributed by atoms with Crippen LogP contribution in [0.5, 0.6) is 0 Å². The maximum absolute atomic E-state index is 12.9. The van der Waals surface area contributed by atoms with E-state index in [9.17, 15) is 18.0 Å². The lowest BCUT2D eigenvalue weighted by Gasteiger charge is -2.04. The Labute approximate surface area is 145 Å². The number of amides is 1. The molecule has 0 spiro atoms. The van der Waals surface area contributed by atoms with Crippen LogP contribution in [0.25, 0.3) is 11.3 Å². The van der Waals surface area contributed by atoms with Crippen molar-refractivity contribution in [1.29, 1.82) is 0 Å².